The van der Waals surface area contributed by atoms with Crippen LogP contribution in [-0.2, 0) is 14.2 Å². The molecule has 182 valence electrons. The summed E-state index contributed by atoms with van der Waals surface area (Å²) in [6.45, 7) is 3.21. The fourth-order valence-electron chi connectivity index (χ4n) is 6.10. The third kappa shape index (κ3) is 5.84. The Morgan fingerprint density at radius 1 is 0.618 bits per heavy atom. The van der Waals surface area contributed by atoms with Crippen LogP contribution in [0.3, 0.4) is 0 Å². The zero-order valence-corrected chi connectivity index (χ0v) is 20.2. The highest BCUT2D eigenvalue weighted by Crippen LogP contribution is 2.43. The first-order valence-corrected chi connectivity index (χ1v) is 13.5. The molecule has 2 saturated carbocycles. The fraction of sp³-hybridized carbons (Fsp3) is 0.600. The molecular formula is C30H38O4. The van der Waals surface area contributed by atoms with E-state index < -0.39 is 0 Å². The molecule has 4 heteroatoms. The summed E-state index contributed by atoms with van der Waals surface area (Å²) in [5.74, 6) is 3.49. The topological polar surface area (TPSA) is 43.5 Å². The van der Waals surface area contributed by atoms with Gasteiger partial charge >= 0.3 is 0 Å². The summed E-state index contributed by atoms with van der Waals surface area (Å²) in [7, 11) is 0. The van der Waals surface area contributed by atoms with Gasteiger partial charge in [0.05, 0.1) is 25.9 Å². The Balaban J connectivity index is 0.961. The molecule has 0 N–H and O–H groups in total. The van der Waals surface area contributed by atoms with E-state index in [1.807, 2.05) is 0 Å². The number of benzene rings is 2. The van der Waals surface area contributed by atoms with Crippen molar-refractivity contribution in [2.75, 3.05) is 26.4 Å². The summed E-state index contributed by atoms with van der Waals surface area (Å²) < 4.78 is 22.3. The van der Waals surface area contributed by atoms with Gasteiger partial charge in [-0.25, -0.2) is 0 Å². The van der Waals surface area contributed by atoms with Crippen LogP contribution in [0.25, 0.3) is 11.1 Å². The zero-order chi connectivity index (χ0) is 22.7. The second kappa shape index (κ2) is 10.4. The van der Waals surface area contributed by atoms with E-state index in [2.05, 4.69) is 48.5 Å². The lowest BCUT2D eigenvalue weighted by molar-refractivity contribution is 0.00133. The summed E-state index contributed by atoms with van der Waals surface area (Å²) in [5, 5.41) is 0. The molecule has 2 unspecified atom stereocenters. The minimum atomic E-state index is 0.296. The molecule has 2 saturated heterocycles. The maximum Gasteiger partial charge on any atom is 0.119 e. The Bertz CT molecular complexity index is 900. The van der Waals surface area contributed by atoms with E-state index in [9.17, 15) is 0 Å². The predicted octanol–water partition coefficient (Wildman–Crippen LogP) is 6.38. The third-order valence-corrected chi connectivity index (χ3v) is 8.49. The first-order chi connectivity index (χ1) is 16.8. The Kier molecular flexibility index (Phi) is 6.90. The first kappa shape index (κ1) is 22.6. The van der Waals surface area contributed by atoms with Crippen LogP contribution in [0.1, 0.15) is 62.8 Å². The van der Waals surface area contributed by atoms with Gasteiger partial charge in [-0.15, -0.1) is 0 Å². The fourth-order valence-corrected chi connectivity index (χ4v) is 6.10. The normalized spacial score (nSPS) is 32.8. The second-order valence-corrected chi connectivity index (χ2v) is 10.8. The minimum absolute atomic E-state index is 0.296. The standard InChI is InChI=1S/C30H38O4/c1-5-23(25-9-13-27(14-10-25)31-17-29-19-33-29)6-2-21(1)22-3-7-24(8-4-22)26-11-15-28(16-12-26)32-18-30-20-34-30/h1-2,5-6,9-10,13-14,22,24,26,28-30H,3-4,7-8,11-12,15-20H2. The summed E-state index contributed by atoms with van der Waals surface area (Å²) in [4.78, 5) is 0. The molecule has 4 nitrogen and oxygen atoms in total. The van der Waals surface area contributed by atoms with Gasteiger partial charge in [-0.2, -0.15) is 0 Å². The monoisotopic (exact) mass is 462 g/mol. The number of rotatable bonds is 9. The third-order valence-electron chi connectivity index (χ3n) is 8.49. The molecule has 0 amide bonds. The van der Waals surface area contributed by atoms with E-state index in [4.69, 9.17) is 18.9 Å². The molecule has 0 aromatic heterocycles. The number of hydrogen-bond acceptors (Lipinski definition) is 4. The molecule has 0 radical (unpaired) electrons. The summed E-state index contributed by atoms with van der Waals surface area (Å²) in [5.41, 5.74) is 4.04. The van der Waals surface area contributed by atoms with Crippen LogP contribution >= 0.6 is 0 Å². The minimum Gasteiger partial charge on any atom is -0.491 e. The Labute approximate surface area is 203 Å². The molecule has 2 atom stereocenters. The molecule has 34 heavy (non-hydrogen) atoms. The first-order valence-electron chi connectivity index (χ1n) is 13.5. The Hall–Kier alpha value is -1.88. The average Bonchev–Trinajstić information content (AvgIpc) is 3.83. The molecule has 2 aromatic rings. The van der Waals surface area contributed by atoms with Gasteiger partial charge in [0.15, 0.2) is 0 Å². The van der Waals surface area contributed by atoms with Crippen molar-refractivity contribution >= 4 is 0 Å². The molecule has 6 rings (SSSR count). The van der Waals surface area contributed by atoms with Crippen molar-refractivity contribution in [3.63, 3.8) is 0 Å². The van der Waals surface area contributed by atoms with Crippen LogP contribution in [0.5, 0.6) is 5.75 Å². The van der Waals surface area contributed by atoms with Crippen LogP contribution < -0.4 is 4.74 Å². The smallest absolute Gasteiger partial charge is 0.119 e. The molecule has 2 aliphatic heterocycles. The highest BCUT2D eigenvalue weighted by Gasteiger charge is 2.32. The quantitative estimate of drug-likeness (QED) is 0.406. The van der Waals surface area contributed by atoms with Crippen LogP contribution in [0.4, 0.5) is 0 Å². The number of hydrogen-bond donors (Lipinski definition) is 0. The van der Waals surface area contributed by atoms with Crippen molar-refractivity contribution in [1.29, 1.82) is 0 Å². The maximum absolute atomic E-state index is 6.05. The highest BCUT2D eigenvalue weighted by molar-refractivity contribution is 5.64. The lowest BCUT2D eigenvalue weighted by atomic mass is 9.69. The molecule has 4 fully saturated rings. The van der Waals surface area contributed by atoms with Crippen molar-refractivity contribution in [2.24, 2.45) is 11.8 Å². The maximum atomic E-state index is 6.05. The van der Waals surface area contributed by atoms with Crippen LogP contribution in [0.15, 0.2) is 48.5 Å². The van der Waals surface area contributed by atoms with Crippen molar-refractivity contribution in [3.05, 3.63) is 54.1 Å². The predicted molar refractivity (Wildman–Crippen MR) is 133 cm³/mol. The van der Waals surface area contributed by atoms with Gasteiger partial charge in [0.2, 0.25) is 0 Å². The van der Waals surface area contributed by atoms with Gasteiger partial charge in [-0.3, -0.25) is 0 Å². The van der Waals surface area contributed by atoms with Crippen molar-refractivity contribution in [1.82, 2.24) is 0 Å². The summed E-state index contributed by atoms with van der Waals surface area (Å²) in [6, 6.07) is 17.8. The number of ether oxygens (including phenoxy) is 4. The van der Waals surface area contributed by atoms with Crippen LogP contribution in [0, 0.1) is 11.8 Å². The van der Waals surface area contributed by atoms with Crippen LogP contribution in [-0.4, -0.2) is 44.7 Å². The molecule has 4 aliphatic rings. The van der Waals surface area contributed by atoms with E-state index in [0.29, 0.717) is 24.9 Å². The van der Waals surface area contributed by atoms with Gasteiger partial charge in [0.1, 0.15) is 24.6 Å². The van der Waals surface area contributed by atoms with Gasteiger partial charge in [0, 0.05) is 0 Å². The second-order valence-electron chi connectivity index (χ2n) is 10.8. The van der Waals surface area contributed by atoms with E-state index in [1.165, 1.54) is 68.1 Å². The van der Waals surface area contributed by atoms with E-state index >= 15 is 0 Å². The van der Waals surface area contributed by atoms with Crippen molar-refractivity contribution in [2.45, 2.75) is 75.6 Å². The van der Waals surface area contributed by atoms with E-state index in [1.54, 1.807) is 0 Å². The molecular weight excluding hydrogens is 424 g/mol. The van der Waals surface area contributed by atoms with Gasteiger partial charge in [-0.05, 0) is 97.9 Å². The van der Waals surface area contributed by atoms with Gasteiger partial charge < -0.3 is 18.9 Å². The molecule has 0 spiro atoms. The zero-order valence-electron chi connectivity index (χ0n) is 20.2. The average molecular weight is 463 g/mol. The number of epoxide rings is 2. The van der Waals surface area contributed by atoms with Crippen LogP contribution in [0.2, 0.25) is 0 Å². The molecule has 2 heterocycles. The highest BCUT2D eigenvalue weighted by atomic mass is 16.6. The van der Waals surface area contributed by atoms with E-state index in [-0.39, 0.29) is 0 Å². The largest absolute Gasteiger partial charge is 0.491 e. The van der Waals surface area contributed by atoms with Gasteiger partial charge in [-0.1, -0.05) is 36.4 Å². The van der Waals surface area contributed by atoms with Gasteiger partial charge in [0.25, 0.3) is 0 Å². The lowest BCUT2D eigenvalue weighted by Crippen LogP contribution is -2.29. The Morgan fingerprint density at radius 3 is 1.74 bits per heavy atom. The lowest BCUT2D eigenvalue weighted by Gasteiger charge is -2.38. The SMILES string of the molecule is c1cc(-c2ccc(C3CCC(C4CCC(OCC5CO5)CC4)CC3)cc2)ccc1OCC1CO1. The summed E-state index contributed by atoms with van der Waals surface area (Å²) >= 11 is 0. The molecule has 2 aromatic carbocycles. The van der Waals surface area contributed by atoms with Crippen molar-refractivity contribution in [3.8, 4) is 16.9 Å². The van der Waals surface area contributed by atoms with Crippen molar-refractivity contribution < 1.29 is 18.9 Å². The molecule has 0 bridgehead atoms. The van der Waals surface area contributed by atoms with E-state index in [0.717, 1.165) is 43.3 Å². The molecule has 2 aliphatic carbocycles. The Morgan fingerprint density at radius 2 is 1.15 bits per heavy atom. The summed E-state index contributed by atoms with van der Waals surface area (Å²) in [6.07, 6.45) is 11.9.